The van der Waals surface area contributed by atoms with Crippen LogP contribution >= 0.6 is 23.2 Å². The first kappa shape index (κ1) is 22.5. The number of hydrogen-bond acceptors (Lipinski definition) is 5. The maximum absolute atomic E-state index is 9.48. The SMILES string of the molecule is COc1ccc(C2=N[C@@H](c3ccc(Cl)cc3)[C@@H](c3ccc(Cl)cc3)N2)c(OC(C)CO)c1. The highest BCUT2D eigenvalue weighted by Gasteiger charge is 2.33. The van der Waals surface area contributed by atoms with E-state index >= 15 is 0 Å². The first-order valence-corrected chi connectivity index (χ1v) is 11.0. The zero-order chi connectivity index (χ0) is 22.7. The molecule has 3 aromatic carbocycles. The van der Waals surface area contributed by atoms with Gasteiger partial charge in [-0.1, -0.05) is 47.5 Å². The topological polar surface area (TPSA) is 63.1 Å². The molecule has 32 heavy (non-hydrogen) atoms. The lowest BCUT2D eigenvalue weighted by molar-refractivity contribution is 0.129. The van der Waals surface area contributed by atoms with Crippen molar-refractivity contribution in [2.75, 3.05) is 13.7 Å². The minimum atomic E-state index is -0.373. The molecule has 7 heteroatoms. The number of aliphatic hydroxyl groups is 1. The van der Waals surface area contributed by atoms with Gasteiger partial charge in [0.05, 0.1) is 25.3 Å². The lowest BCUT2D eigenvalue weighted by atomic mass is 9.95. The van der Waals surface area contributed by atoms with Gasteiger partial charge in [-0.05, 0) is 54.4 Å². The number of nitrogens with one attached hydrogen (secondary N) is 1. The van der Waals surface area contributed by atoms with Crippen LogP contribution in [0.3, 0.4) is 0 Å². The van der Waals surface area contributed by atoms with E-state index in [1.807, 2.05) is 60.7 Å². The summed E-state index contributed by atoms with van der Waals surface area (Å²) in [5.74, 6) is 1.95. The molecular formula is C25H24Cl2N2O3. The minimum absolute atomic E-state index is 0.0998. The zero-order valence-electron chi connectivity index (χ0n) is 17.8. The first-order chi connectivity index (χ1) is 15.5. The lowest BCUT2D eigenvalue weighted by Gasteiger charge is -2.20. The predicted octanol–water partition coefficient (Wildman–Crippen LogP) is 5.59. The summed E-state index contributed by atoms with van der Waals surface area (Å²) in [5, 5.41) is 14.4. The van der Waals surface area contributed by atoms with E-state index in [1.165, 1.54) is 0 Å². The number of hydrogen-bond donors (Lipinski definition) is 2. The Balaban J connectivity index is 1.76. The highest BCUT2D eigenvalue weighted by atomic mass is 35.5. The second-order valence-electron chi connectivity index (χ2n) is 7.62. The van der Waals surface area contributed by atoms with Crippen molar-refractivity contribution in [3.8, 4) is 11.5 Å². The van der Waals surface area contributed by atoms with Gasteiger partial charge < -0.3 is 19.9 Å². The Morgan fingerprint density at radius 2 is 1.59 bits per heavy atom. The lowest BCUT2D eigenvalue weighted by Crippen LogP contribution is -2.26. The normalized spacial score (nSPS) is 18.6. The van der Waals surface area contributed by atoms with Gasteiger partial charge in [0.1, 0.15) is 29.5 Å². The fraction of sp³-hybridized carbons (Fsp3) is 0.240. The maximum atomic E-state index is 9.48. The van der Waals surface area contributed by atoms with Crippen molar-refractivity contribution >= 4 is 29.0 Å². The van der Waals surface area contributed by atoms with Crippen LogP contribution in [0.4, 0.5) is 0 Å². The van der Waals surface area contributed by atoms with Crippen LogP contribution in [0.25, 0.3) is 0 Å². The zero-order valence-corrected chi connectivity index (χ0v) is 19.3. The van der Waals surface area contributed by atoms with Crippen molar-refractivity contribution in [1.29, 1.82) is 0 Å². The Morgan fingerprint density at radius 1 is 0.969 bits per heavy atom. The molecule has 4 rings (SSSR count). The molecule has 0 amide bonds. The summed E-state index contributed by atoms with van der Waals surface area (Å²) in [6.07, 6.45) is -0.373. The monoisotopic (exact) mass is 470 g/mol. The summed E-state index contributed by atoms with van der Waals surface area (Å²) in [6.45, 7) is 1.71. The van der Waals surface area contributed by atoms with Crippen LogP contribution in [0.5, 0.6) is 11.5 Å². The molecule has 1 aliphatic heterocycles. The molecule has 0 fully saturated rings. The number of halogens is 2. The molecule has 0 aromatic heterocycles. The van der Waals surface area contributed by atoms with E-state index < -0.39 is 0 Å². The van der Waals surface area contributed by atoms with Gasteiger partial charge in [-0.15, -0.1) is 0 Å². The smallest absolute Gasteiger partial charge is 0.134 e. The fourth-order valence-electron chi connectivity index (χ4n) is 3.66. The number of methoxy groups -OCH3 is 1. The fourth-order valence-corrected chi connectivity index (χ4v) is 3.92. The van der Waals surface area contributed by atoms with Gasteiger partial charge >= 0.3 is 0 Å². The van der Waals surface area contributed by atoms with Gasteiger partial charge in [0.2, 0.25) is 0 Å². The van der Waals surface area contributed by atoms with Crippen molar-refractivity contribution in [1.82, 2.24) is 5.32 Å². The summed E-state index contributed by atoms with van der Waals surface area (Å²) in [6, 6.07) is 20.8. The molecule has 5 nitrogen and oxygen atoms in total. The Labute approximate surface area is 197 Å². The summed E-state index contributed by atoms with van der Waals surface area (Å²) in [7, 11) is 1.60. The van der Waals surface area contributed by atoms with Crippen molar-refractivity contribution < 1.29 is 14.6 Å². The van der Waals surface area contributed by atoms with Gasteiger partial charge in [-0.25, -0.2) is 0 Å². The molecule has 2 N–H and O–H groups in total. The largest absolute Gasteiger partial charge is 0.497 e. The third-order valence-corrected chi connectivity index (χ3v) is 5.85. The quantitative estimate of drug-likeness (QED) is 0.471. The second-order valence-corrected chi connectivity index (χ2v) is 8.49. The molecule has 0 spiro atoms. The van der Waals surface area contributed by atoms with Gasteiger partial charge in [0.15, 0.2) is 0 Å². The van der Waals surface area contributed by atoms with E-state index in [0.717, 1.165) is 16.7 Å². The van der Waals surface area contributed by atoms with Crippen LogP contribution in [-0.2, 0) is 0 Å². The third-order valence-electron chi connectivity index (χ3n) is 5.35. The Hall–Kier alpha value is -2.73. The molecule has 0 saturated carbocycles. The summed E-state index contributed by atoms with van der Waals surface area (Å²) in [5.41, 5.74) is 2.89. The molecule has 0 aliphatic carbocycles. The van der Waals surface area contributed by atoms with Crippen LogP contribution < -0.4 is 14.8 Å². The van der Waals surface area contributed by atoms with Crippen LogP contribution in [0, 0.1) is 0 Å². The minimum Gasteiger partial charge on any atom is -0.497 e. The molecule has 3 aromatic rings. The number of aliphatic imine (C=N–C) groups is 1. The number of rotatable bonds is 7. The standard InChI is InChI=1S/C25H24Cl2N2O3/c1-15(14-30)32-22-13-20(31-2)11-12-21(22)25-28-23(16-3-7-18(26)8-4-16)24(29-25)17-5-9-19(27)10-6-17/h3-13,15,23-24,30H,14H2,1-2H3,(H,28,29)/t15?,23-,24+. The Bertz CT molecular complexity index is 1100. The van der Waals surface area contributed by atoms with Crippen LogP contribution in [0.1, 0.15) is 35.7 Å². The van der Waals surface area contributed by atoms with Crippen LogP contribution in [-0.4, -0.2) is 30.8 Å². The summed E-state index contributed by atoms with van der Waals surface area (Å²) < 4.78 is 11.3. The summed E-state index contributed by atoms with van der Waals surface area (Å²) in [4.78, 5) is 5.03. The van der Waals surface area contributed by atoms with Crippen LogP contribution in [0.2, 0.25) is 10.0 Å². The molecule has 0 bridgehead atoms. The van der Waals surface area contributed by atoms with Crippen LogP contribution in [0.15, 0.2) is 71.7 Å². The Morgan fingerprint density at radius 3 is 2.19 bits per heavy atom. The predicted molar refractivity (Wildman–Crippen MR) is 128 cm³/mol. The molecule has 3 atom stereocenters. The van der Waals surface area contributed by atoms with Crippen molar-refractivity contribution in [2.24, 2.45) is 4.99 Å². The molecule has 0 saturated heterocycles. The van der Waals surface area contributed by atoms with E-state index in [4.69, 9.17) is 37.7 Å². The molecule has 1 heterocycles. The van der Waals surface area contributed by atoms with E-state index in [9.17, 15) is 5.11 Å². The van der Waals surface area contributed by atoms with Gasteiger partial charge in [0.25, 0.3) is 0 Å². The average Bonchev–Trinajstić information content (AvgIpc) is 3.25. The van der Waals surface area contributed by atoms with Crippen molar-refractivity contribution in [3.05, 3.63) is 93.5 Å². The number of ether oxygens (including phenoxy) is 2. The third kappa shape index (κ3) is 4.85. The summed E-state index contributed by atoms with van der Waals surface area (Å²) >= 11 is 12.2. The Kier molecular flexibility index (Phi) is 6.89. The van der Waals surface area contributed by atoms with E-state index in [2.05, 4.69) is 5.32 Å². The highest BCUT2D eigenvalue weighted by molar-refractivity contribution is 6.30. The van der Waals surface area contributed by atoms with Gasteiger partial charge in [-0.2, -0.15) is 0 Å². The first-order valence-electron chi connectivity index (χ1n) is 10.3. The molecular weight excluding hydrogens is 447 g/mol. The number of aliphatic hydroxyl groups excluding tert-OH is 1. The van der Waals surface area contributed by atoms with Gasteiger partial charge in [0, 0.05) is 16.1 Å². The maximum Gasteiger partial charge on any atom is 0.134 e. The average molecular weight is 471 g/mol. The van der Waals surface area contributed by atoms with E-state index in [1.54, 1.807) is 20.1 Å². The van der Waals surface area contributed by atoms with Gasteiger partial charge in [-0.3, -0.25) is 4.99 Å². The number of amidine groups is 1. The second kappa shape index (κ2) is 9.82. The van der Waals surface area contributed by atoms with Crippen molar-refractivity contribution in [3.63, 3.8) is 0 Å². The van der Waals surface area contributed by atoms with Crippen molar-refractivity contribution in [2.45, 2.75) is 25.1 Å². The number of benzene rings is 3. The molecule has 1 unspecified atom stereocenters. The highest BCUT2D eigenvalue weighted by Crippen LogP contribution is 2.39. The molecule has 0 radical (unpaired) electrons. The van der Waals surface area contributed by atoms with E-state index in [-0.39, 0.29) is 24.8 Å². The van der Waals surface area contributed by atoms with E-state index in [0.29, 0.717) is 27.4 Å². The molecule has 166 valence electrons. The molecule has 1 aliphatic rings. The number of nitrogens with zero attached hydrogens (tertiary/aromatic N) is 1.